The number of ether oxygens (including phenoxy) is 3. The molecule has 2 aliphatic rings. The Labute approximate surface area is 118 Å². The van der Waals surface area contributed by atoms with Crippen LogP contribution in [0, 0.1) is 0 Å². The SMILES string of the molecule is CCCN1C(N)=NCC1c1cc(OC)c2c(c1)OCO2. The average Bonchev–Trinajstić information content (AvgIpc) is 3.06. The Morgan fingerprint density at radius 3 is 3.05 bits per heavy atom. The van der Waals surface area contributed by atoms with Crippen LogP contribution >= 0.6 is 0 Å². The Morgan fingerprint density at radius 1 is 1.45 bits per heavy atom. The van der Waals surface area contributed by atoms with Crippen molar-refractivity contribution in [3.63, 3.8) is 0 Å². The molecule has 2 aliphatic heterocycles. The van der Waals surface area contributed by atoms with Crippen molar-refractivity contribution in [1.82, 2.24) is 4.90 Å². The van der Waals surface area contributed by atoms with Crippen molar-refractivity contribution in [1.29, 1.82) is 0 Å². The molecule has 3 rings (SSSR count). The predicted octanol–water partition coefficient (Wildman–Crippen LogP) is 1.51. The second kappa shape index (κ2) is 5.11. The number of hydrogen-bond acceptors (Lipinski definition) is 6. The smallest absolute Gasteiger partial charge is 0.231 e. The highest BCUT2D eigenvalue weighted by molar-refractivity contribution is 5.80. The molecule has 1 atom stereocenters. The summed E-state index contributed by atoms with van der Waals surface area (Å²) in [5.41, 5.74) is 7.05. The third-order valence-corrected chi connectivity index (χ3v) is 3.63. The lowest BCUT2D eigenvalue weighted by Crippen LogP contribution is -2.36. The monoisotopic (exact) mass is 277 g/mol. The predicted molar refractivity (Wildman–Crippen MR) is 75.3 cm³/mol. The van der Waals surface area contributed by atoms with Crippen LogP contribution in [0.1, 0.15) is 24.9 Å². The van der Waals surface area contributed by atoms with Gasteiger partial charge in [0.2, 0.25) is 12.5 Å². The van der Waals surface area contributed by atoms with Gasteiger partial charge in [0.25, 0.3) is 0 Å². The van der Waals surface area contributed by atoms with Gasteiger partial charge in [0, 0.05) is 6.54 Å². The molecule has 0 fully saturated rings. The molecule has 108 valence electrons. The first-order valence-corrected chi connectivity index (χ1v) is 6.78. The quantitative estimate of drug-likeness (QED) is 0.903. The molecule has 20 heavy (non-hydrogen) atoms. The maximum atomic E-state index is 5.96. The molecule has 2 N–H and O–H groups in total. The average molecular weight is 277 g/mol. The lowest BCUT2D eigenvalue weighted by Gasteiger charge is -2.26. The number of aliphatic imine (C=N–C) groups is 1. The molecule has 0 saturated heterocycles. The second-order valence-corrected chi connectivity index (χ2v) is 4.87. The highest BCUT2D eigenvalue weighted by Gasteiger charge is 2.30. The van der Waals surface area contributed by atoms with E-state index in [0.29, 0.717) is 24.0 Å². The molecule has 0 amide bonds. The molecular formula is C14H19N3O3. The number of benzene rings is 1. The van der Waals surface area contributed by atoms with Gasteiger partial charge < -0.3 is 24.8 Å². The molecule has 1 aromatic carbocycles. The summed E-state index contributed by atoms with van der Waals surface area (Å²) >= 11 is 0. The molecule has 6 nitrogen and oxygen atoms in total. The number of rotatable bonds is 4. The van der Waals surface area contributed by atoms with E-state index in [1.807, 2.05) is 12.1 Å². The van der Waals surface area contributed by atoms with Crippen LogP contribution in [0.2, 0.25) is 0 Å². The van der Waals surface area contributed by atoms with Crippen molar-refractivity contribution in [2.24, 2.45) is 10.7 Å². The Hall–Kier alpha value is -2.11. The van der Waals surface area contributed by atoms with E-state index in [2.05, 4.69) is 16.8 Å². The number of hydrogen-bond donors (Lipinski definition) is 1. The standard InChI is InChI=1S/C14H19N3O3/c1-3-4-17-10(7-16-14(17)15)9-5-11(18-2)13-12(6-9)19-8-20-13/h5-6,10H,3-4,7-8H2,1-2H3,(H2,15,16). The minimum Gasteiger partial charge on any atom is -0.493 e. The Balaban J connectivity index is 1.94. The Morgan fingerprint density at radius 2 is 2.30 bits per heavy atom. The van der Waals surface area contributed by atoms with Gasteiger partial charge in [-0.2, -0.15) is 0 Å². The van der Waals surface area contributed by atoms with Crippen LogP contribution in [-0.4, -0.2) is 37.9 Å². The van der Waals surface area contributed by atoms with Gasteiger partial charge >= 0.3 is 0 Å². The minimum absolute atomic E-state index is 0.137. The summed E-state index contributed by atoms with van der Waals surface area (Å²) in [5, 5.41) is 0. The molecule has 0 aliphatic carbocycles. The van der Waals surface area contributed by atoms with Crippen molar-refractivity contribution in [2.45, 2.75) is 19.4 Å². The van der Waals surface area contributed by atoms with Crippen LogP contribution < -0.4 is 19.9 Å². The number of nitrogens with two attached hydrogens (primary N) is 1. The van der Waals surface area contributed by atoms with E-state index in [0.717, 1.165) is 24.3 Å². The highest BCUT2D eigenvalue weighted by atomic mass is 16.7. The Kier molecular flexibility index (Phi) is 3.30. The first-order valence-electron chi connectivity index (χ1n) is 6.78. The first-order chi connectivity index (χ1) is 9.74. The van der Waals surface area contributed by atoms with Crippen molar-refractivity contribution in [3.8, 4) is 17.2 Å². The van der Waals surface area contributed by atoms with Gasteiger partial charge in [-0.3, -0.25) is 4.99 Å². The van der Waals surface area contributed by atoms with E-state index in [-0.39, 0.29) is 12.8 Å². The summed E-state index contributed by atoms with van der Waals surface area (Å²) in [7, 11) is 1.63. The van der Waals surface area contributed by atoms with E-state index in [4.69, 9.17) is 19.9 Å². The van der Waals surface area contributed by atoms with Crippen molar-refractivity contribution in [2.75, 3.05) is 27.0 Å². The van der Waals surface area contributed by atoms with Crippen LogP contribution in [0.15, 0.2) is 17.1 Å². The third kappa shape index (κ3) is 2.01. The van der Waals surface area contributed by atoms with Crippen molar-refractivity contribution in [3.05, 3.63) is 17.7 Å². The van der Waals surface area contributed by atoms with Crippen LogP contribution in [0.4, 0.5) is 0 Å². The van der Waals surface area contributed by atoms with Gasteiger partial charge in [-0.05, 0) is 24.1 Å². The summed E-state index contributed by atoms with van der Waals surface area (Å²) in [5.74, 6) is 2.69. The zero-order chi connectivity index (χ0) is 14.1. The van der Waals surface area contributed by atoms with Gasteiger partial charge in [0.05, 0.1) is 19.7 Å². The lowest BCUT2D eigenvalue weighted by molar-refractivity contribution is 0.171. The molecule has 2 heterocycles. The molecule has 0 spiro atoms. The zero-order valence-electron chi connectivity index (χ0n) is 11.8. The molecular weight excluding hydrogens is 258 g/mol. The van der Waals surface area contributed by atoms with E-state index < -0.39 is 0 Å². The van der Waals surface area contributed by atoms with Crippen LogP contribution in [0.3, 0.4) is 0 Å². The largest absolute Gasteiger partial charge is 0.493 e. The topological polar surface area (TPSA) is 69.3 Å². The van der Waals surface area contributed by atoms with E-state index >= 15 is 0 Å². The number of fused-ring (bicyclic) bond motifs is 1. The molecule has 0 aromatic heterocycles. The fourth-order valence-corrected chi connectivity index (χ4v) is 2.67. The van der Waals surface area contributed by atoms with Gasteiger partial charge in [-0.25, -0.2) is 0 Å². The van der Waals surface area contributed by atoms with Crippen LogP contribution in [0.25, 0.3) is 0 Å². The zero-order valence-corrected chi connectivity index (χ0v) is 11.8. The minimum atomic E-state index is 0.137. The second-order valence-electron chi connectivity index (χ2n) is 4.87. The van der Waals surface area contributed by atoms with Gasteiger partial charge in [-0.15, -0.1) is 0 Å². The molecule has 0 saturated carbocycles. The van der Waals surface area contributed by atoms with Gasteiger partial charge in [-0.1, -0.05) is 6.92 Å². The Bertz CT molecular complexity index is 545. The summed E-state index contributed by atoms with van der Waals surface area (Å²) in [4.78, 5) is 6.47. The molecule has 1 aromatic rings. The third-order valence-electron chi connectivity index (χ3n) is 3.63. The first kappa shape index (κ1) is 12.9. The normalized spacial score (nSPS) is 20.2. The lowest BCUT2D eigenvalue weighted by atomic mass is 10.0. The van der Waals surface area contributed by atoms with Crippen LogP contribution in [0.5, 0.6) is 17.2 Å². The highest BCUT2D eigenvalue weighted by Crippen LogP contribution is 2.44. The van der Waals surface area contributed by atoms with Crippen LogP contribution in [-0.2, 0) is 0 Å². The molecule has 0 radical (unpaired) electrons. The fraction of sp³-hybridized carbons (Fsp3) is 0.500. The summed E-state index contributed by atoms with van der Waals surface area (Å²) < 4.78 is 16.3. The molecule has 0 bridgehead atoms. The maximum Gasteiger partial charge on any atom is 0.231 e. The summed E-state index contributed by atoms with van der Waals surface area (Å²) in [6, 6.07) is 4.11. The van der Waals surface area contributed by atoms with Crippen molar-refractivity contribution >= 4 is 5.96 Å². The van der Waals surface area contributed by atoms with Gasteiger partial charge in [0.1, 0.15) is 0 Å². The fourth-order valence-electron chi connectivity index (χ4n) is 2.67. The number of nitrogens with zero attached hydrogens (tertiary/aromatic N) is 2. The van der Waals surface area contributed by atoms with Gasteiger partial charge in [0.15, 0.2) is 17.5 Å². The summed E-state index contributed by atoms with van der Waals surface area (Å²) in [6.45, 7) is 3.91. The van der Waals surface area contributed by atoms with E-state index in [9.17, 15) is 0 Å². The maximum absolute atomic E-state index is 5.96. The summed E-state index contributed by atoms with van der Waals surface area (Å²) in [6.07, 6.45) is 1.02. The van der Waals surface area contributed by atoms with E-state index in [1.165, 1.54) is 0 Å². The van der Waals surface area contributed by atoms with E-state index in [1.54, 1.807) is 7.11 Å². The number of methoxy groups -OCH3 is 1. The molecule has 6 heteroatoms. The molecule has 1 unspecified atom stereocenters. The van der Waals surface area contributed by atoms with Crippen molar-refractivity contribution < 1.29 is 14.2 Å². The number of guanidine groups is 1.